The van der Waals surface area contributed by atoms with Crippen molar-refractivity contribution in [2.45, 2.75) is 50.1 Å². The molecule has 2 aromatic carbocycles. The summed E-state index contributed by atoms with van der Waals surface area (Å²) in [6, 6.07) is 11.7. The van der Waals surface area contributed by atoms with E-state index in [1.807, 2.05) is 24.3 Å². The summed E-state index contributed by atoms with van der Waals surface area (Å²) in [5.74, 6) is -4.12. The Morgan fingerprint density at radius 2 is 1.76 bits per heavy atom. The molecule has 3 aliphatic rings. The van der Waals surface area contributed by atoms with E-state index in [1.54, 1.807) is 18.2 Å². The number of hydrogen-bond acceptors (Lipinski definition) is 6. The fraction of sp³-hybridized carbons (Fsp3) is 0.320. The lowest BCUT2D eigenvalue weighted by atomic mass is 10.0. The van der Waals surface area contributed by atoms with Crippen molar-refractivity contribution in [3.63, 3.8) is 0 Å². The number of carbonyl (C=O) groups excluding carboxylic acids is 4. The van der Waals surface area contributed by atoms with Gasteiger partial charge >= 0.3 is 12.1 Å². The number of benzene rings is 2. The monoisotopic (exact) mass is 532 g/mol. The zero-order valence-corrected chi connectivity index (χ0v) is 19.7. The molecule has 0 bridgehead atoms. The summed E-state index contributed by atoms with van der Waals surface area (Å²) >= 11 is 0. The Bertz CT molecular complexity index is 1330. The highest BCUT2D eigenvalue weighted by molar-refractivity contribution is 6.06. The first-order chi connectivity index (χ1) is 17.9. The Morgan fingerprint density at radius 1 is 1.08 bits per heavy atom. The fourth-order valence-corrected chi connectivity index (χ4v) is 4.71. The molecule has 5 rings (SSSR count). The Kier molecular flexibility index (Phi) is 7.22. The van der Waals surface area contributed by atoms with E-state index < -0.39 is 24.1 Å². The number of hydrogen-bond donors (Lipinski definition) is 4. The number of imide groups is 1. The van der Waals surface area contributed by atoms with Gasteiger partial charge in [-0.3, -0.25) is 24.5 Å². The Hall–Kier alpha value is -4.26. The maximum Gasteiger partial charge on any atom is 0.490 e. The predicted octanol–water partition coefficient (Wildman–Crippen LogP) is 1.44. The molecule has 0 spiro atoms. The Labute approximate surface area is 214 Å². The lowest BCUT2D eigenvalue weighted by Crippen LogP contribution is -2.52. The predicted molar refractivity (Wildman–Crippen MR) is 125 cm³/mol. The van der Waals surface area contributed by atoms with Gasteiger partial charge in [0.1, 0.15) is 6.04 Å². The second-order valence-electron chi connectivity index (χ2n) is 9.08. The largest absolute Gasteiger partial charge is 0.490 e. The topological polar surface area (TPSA) is 159 Å². The molecule has 0 aromatic heterocycles. The number of carboxylic acid groups (broad SMARTS) is 1. The van der Waals surface area contributed by atoms with Crippen LogP contribution in [0.4, 0.5) is 13.2 Å². The zero-order valence-electron chi connectivity index (χ0n) is 19.7. The number of nitrogens with one attached hydrogen (secondary N) is 2. The molecule has 5 N–H and O–H groups in total. The minimum absolute atomic E-state index is 0.203. The molecule has 1 fully saturated rings. The molecular weight excluding hydrogens is 509 g/mol. The smallest absolute Gasteiger partial charge is 0.475 e. The van der Waals surface area contributed by atoms with Gasteiger partial charge in [-0.25, -0.2) is 4.79 Å². The molecule has 200 valence electrons. The number of piperidine rings is 1. The third-order valence-electron chi connectivity index (χ3n) is 6.64. The summed E-state index contributed by atoms with van der Waals surface area (Å²) in [4.78, 5) is 59.8. The van der Waals surface area contributed by atoms with Crippen molar-refractivity contribution in [1.82, 2.24) is 15.5 Å². The summed E-state index contributed by atoms with van der Waals surface area (Å²) < 4.78 is 31.7. The number of nitrogens with zero attached hydrogens (tertiary/aromatic N) is 1. The van der Waals surface area contributed by atoms with Crippen molar-refractivity contribution in [3.05, 3.63) is 70.3 Å². The third kappa shape index (κ3) is 5.37. The first kappa shape index (κ1) is 26.8. The SMILES string of the molecule is N[C@@H]1c2ccccc2C[C@H]1NC(=O)c1ccc2c(c1)C(=O)N(C1CCC(=O)NC1=O)C2.O=C(O)C(F)(F)F. The number of fused-ring (bicyclic) bond motifs is 2. The van der Waals surface area contributed by atoms with E-state index in [0.29, 0.717) is 24.0 Å². The van der Waals surface area contributed by atoms with Crippen molar-refractivity contribution >= 4 is 29.6 Å². The van der Waals surface area contributed by atoms with Crippen LogP contribution in [0.3, 0.4) is 0 Å². The van der Waals surface area contributed by atoms with E-state index in [0.717, 1.165) is 16.7 Å². The number of amides is 4. The normalized spacial score (nSPS) is 22.2. The fourth-order valence-electron chi connectivity index (χ4n) is 4.71. The lowest BCUT2D eigenvalue weighted by Gasteiger charge is -2.29. The van der Waals surface area contributed by atoms with E-state index in [1.165, 1.54) is 4.90 Å². The molecule has 1 aliphatic carbocycles. The molecule has 38 heavy (non-hydrogen) atoms. The average molecular weight is 532 g/mol. The molecule has 0 saturated carbocycles. The summed E-state index contributed by atoms with van der Waals surface area (Å²) in [5, 5.41) is 12.4. The first-order valence-corrected chi connectivity index (χ1v) is 11.6. The number of nitrogens with two attached hydrogens (primary N) is 1. The number of alkyl halides is 3. The van der Waals surface area contributed by atoms with E-state index >= 15 is 0 Å². The summed E-state index contributed by atoms with van der Waals surface area (Å²) in [6.07, 6.45) is -3.91. The summed E-state index contributed by atoms with van der Waals surface area (Å²) in [7, 11) is 0. The van der Waals surface area contributed by atoms with Crippen molar-refractivity contribution in [1.29, 1.82) is 0 Å². The van der Waals surface area contributed by atoms with Gasteiger partial charge in [-0.1, -0.05) is 30.3 Å². The maximum absolute atomic E-state index is 13.0. The minimum Gasteiger partial charge on any atom is -0.475 e. The molecule has 10 nitrogen and oxygen atoms in total. The van der Waals surface area contributed by atoms with Crippen molar-refractivity contribution in [2.24, 2.45) is 5.73 Å². The van der Waals surface area contributed by atoms with Crippen LogP contribution in [0, 0.1) is 0 Å². The summed E-state index contributed by atoms with van der Waals surface area (Å²) in [6.45, 7) is 0.283. The second kappa shape index (κ2) is 10.2. The molecule has 3 atom stereocenters. The van der Waals surface area contributed by atoms with Gasteiger partial charge in [0, 0.05) is 24.1 Å². The minimum atomic E-state index is -5.08. The van der Waals surface area contributed by atoms with Crippen molar-refractivity contribution < 1.29 is 42.3 Å². The number of rotatable bonds is 3. The zero-order chi connectivity index (χ0) is 27.8. The van der Waals surface area contributed by atoms with Crippen LogP contribution in [0.15, 0.2) is 42.5 Å². The van der Waals surface area contributed by atoms with Gasteiger partial charge in [0.05, 0.1) is 12.1 Å². The van der Waals surface area contributed by atoms with E-state index in [2.05, 4.69) is 10.6 Å². The van der Waals surface area contributed by atoms with Crippen LogP contribution in [0.5, 0.6) is 0 Å². The van der Waals surface area contributed by atoms with E-state index in [-0.39, 0.29) is 42.8 Å². The molecular formula is C25H23F3N4O6. The van der Waals surface area contributed by atoms with Gasteiger partial charge in [0.25, 0.3) is 11.8 Å². The summed E-state index contributed by atoms with van der Waals surface area (Å²) in [5.41, 5.74) is 10.0. The molecule has 4 amide bonds. The average Bonchev–Trinajstić information content (AvgIpc) is 3.35. The molecule has 2 aliphatic heterocycles. The molecule has 13 heteroatoms. The molecule has 1 unspecified atom stereocenters. The second-order valence-corrected chi connectivity index (χ2v) is 9.08. The Balaban J connectivity index is 0.000000426. The first-order valence-electron chi connectivity index (χ1n) is 11.6. The van der Waals surface area contributed by atoms with Gasteiger partial charge in [0.2, 0.25) is 11.8 Å². The molecule has 2 aromatic rings. The van der Waals surface area contributed by atoms with Crippen LogP contribution in [-0.2, 0) is 27.3 Å². The van der Waals surface area contributed by atoms with Gasteiger partial charge in [-0.15, -0.1) is 0 Å². The number of carboxylic acids is 1. The quantitative estimate of drug-likeness (QED) is 0.435. The van der Waals surface area contributed by atoms with Crippen LogP contribution >= 0.6 is 0 Å². The molecule has 1 saturated heterocycles. The number of aliphatic carboxylic acids is 1. The van der Waals surface area contributed by atoms with Crippen LogP contribution in [0.25, 0.3) is 0 Å². The highest BCUT2D eigenvalue weighted by Crippen LogP contribution is 2.31. The Morgan fingerprint density at radius 3 is 2.39 bits per heavy atom. The van der Waals surface area contributed by atoms with Crippen molar-refractivity contribution in [3.8, 4) is 0 Å². The van der Waals surface area contributed by atoms with E-state index in [9.17, 15) is 32.3 Å². The van der Waals surface area contributed by atoms with Gasteiger partial charge < -0.3 is 21.1 Å². The van der Waals surface area contributed by atoms with Gasteiger partial charge in [-0.2, -0.15) is 13.2 Å². The van der Waals surface area contributed by atoms with Crippen LogP contribution < -0.4 is 16.4 Å². The van der Waals surface area contributed by atoms with Gasteiger partial charge in [-0.05, 0) is 41.7 Å². The lowest BCUT2D eigenvalue weighted by molar-refractivity contribution is -0.192. The molecule has 0 radical (unpaired) electrons. The standard InChI is InChI=1S/C23H22N4O4.C2HF3O2/c24-20-15-4-2-1-3-12(15)10-17(20)25-21(29)13-5-6-14-11-27(23(31)16(14)9-13)18-7-8-19(28)26-22(18)30;3-2(4,5)1(6)7/h1-6,9,17-18,20H,7-8,10-11,24H2,(H,25,29)(H,26,28,30);(H,6,7)/t17-,18?,20-;/m1./s1. The maximum atomic E-state index is 13.0. The van der Waals surface area contributed by atoms with Gasteiger partial charge in [0.15, 0.2) is 0 Å². The third-order valence-corrected chi connectivity index (χ3v) is 6.64. The molecule has 2 heterocycles. The highest BCUT2D eigenvalue weighted by atomic mass is 19.4. The van der Waals surface area contributed by atoms with Crippen molar-refractivity contribution in [2.75, 3.05) is 0 Å². The van der Waals surface area contributed by atoms with Crippen LogP contribution in [0.1, 0.15) is 56.3 Å². The van der Waals surface area contributed by atoms with Crippen LogP contribution in [0.2, 0.25) is 0 Å². The van der Waals surface area contributed by atoms with Crippen LogP contribution in [-0.4, -0.2) is 57.9 Å². The number of carbonyl (C=O) groups is 5. The highest BCUT2D eigenvalue weighted by Gasteiger charge is 2.40. The van der Waals surface area contributed by atoms with E-state index in [4.69, 9.17) is 15.6 Å². The number of halogens is 3.